The molecule has 0 unspecified atom stereocenters. The molecule has 0 fully saturated rings. The molecule has 0 aliphatic heterocycles. The van der Waals surface area contributed by atoms with E-state index < -0.39 is 21.3 Å². The molecule has 0 atom stereocenters. The molecule has 2 N–H and O–H groups in total. The Hall–Kier alpha value is -5.53. The molecule has 7 heteroatoms. The second-order valence-corrected chi connectivity index (χ2v) is 11.5. The van der Waals surface area contributed by atoms with E-state index in [0.29, 0.717) is 22.6 Å². The van der Waals surface area contributed by atoms with Crippen LogP contribution < -0.4 is 9.47 Å². The lowest BCUT2D eigenvalue weighted by atomic mass is 10.0. The molecule has 0 saturated carbocycles. The highest BCUT2D eigenvalue weighted by Crippen LogP contribution is 2.48. The van der Waals surface area contributed by atoms with Crippen LogP contribution in [0.4, 0.5) is 0 Å². The SMILES string of the molecule is O=S(=O)(c1ccc(Oc2ccccc2)c(-c2ccccc2)c1O)c1ccc(Oc2ccccc2)c(-c2ccccc2)c1O. The number of ether oxygens (including phenoxy) is 2. The summed E-state index contributed by atoms with van der Waals surface area (Å²) < 4.78 is 40.5. The Labute approximate surface area is 249 Å². The lowest BCUT2D eigenvalue weighted by Crippen LogP contribution is -2.05. The van der Waals surface area contributed by atoms with Gasteiger partial charge in [-0.05, 0) is 59.7 Å². The molecule has 0 amide bonds. The lowest BCUT2D eigenvalue weighted by Gasteiger charge is -2.18. The Morgan fingerprint density at radius 2 is 0.744 bits per heavy atom. The van der Waals surface area contributed by atoms with Crippen LogP contribution in [0.15, 0.2) is 155 Å². The van der Waals surface area contributed by atoms with Gasteiger partial charge in [-0.15, -0.1) is 0 Å². The van der Waals surface area contributed by atoms with Gasteiger partial charge < -0.3 is 19.7 Å². The highest BCUT2D eigenvalue weighted by Gasteiger charge is 2.31. The van der Waals surface area contributed by atoms with Gasteiger partial charge in [0, 0.05) is 0 Å². The molecule has 0 aliphatic rings. The topological polar surface area (TPSA) is 93.1 Å². The summed E-state index contributed by atoms with van der Waals surface area (Å²) in [6, 6.07) is 41.4. The number of aromatic hydroxyl groups is 2. The number of para-hydroxylation sites is 2. The molecule has 6 aromatic rings. The molecule has 0 aromatic heterocycles. The summed E-state index contributed by atoms with van der Waals surface area (Å²) in [4.78, 5) is -0.754. The molecule has 0 spiro atoms. The Morgan fingerprint density at radius 1 is 0.419 bits per heavy atom. The Bertz CT molecular complexity index is 1840. The van der Waals surface area contributed by atoms with Crippen molar-refractivity contribution in [2.24, 2.45) is 0 Å². The van der Waals surface area contributed by atoms with E-state index in [2.05, 4.69) is 0 Å². The molecule has 0 saturated heterocycles. The first-order valence-electron chi connectivity index (χ1n) is 13.5. The standard InChI is InChI=1S/C36H26O6S/c37-35-31(23-21-29(41-27-17-9-3-10-18-27)33(35)25-13-5-1-6-14-25)43(39,40)32-24-22-30(42-28-19-11-4-12-20-28)34(36(32)38)26-15-7-2-8-16-26/h1-24,37-38H. The number of rotatable bonds is 8. The number of sulfone groups is 1. The van der Waals surface area contributed by atoms with Gasteiger partial charge in [-0.2, -0.15) is 0 Å². The van der Waals surface area contributed by atoms with Gasteiger partial charge in [-0.3, -0.25) is 0 Å². The van der Waals surface area contributed by atoms with Crippen LogP contribution in [-0.2, 0) is 9.84 Å². The van der Waals surface area contributed by atoms with Crippen molar-refractivity contribution >= 4 is 9.84 Å². The van der Waals surface area contributed by atoms with Crippen molar-refractivity contribution in [1.29, 1.82) is 0 Å². The van der Waals surface area contributed by atoms with E-state index in [1.54, 1.807) is 72.8 Å². The average Bonchev–Trinajstić information content (AvgIpc) is 3.03. The molecular weight excluding hydrogens is 560 g/mol. The van der Waals surface area contributed by atoms with Gasteiger partial charge in [-0.1, -0.05) is 97.1 Å². The van der Waals surface area contributed by atoms with Gasteiger partial charge in [-0.25, -0.2) is 8.42 Å². The maximum absolute atomic E-state index is 14.2. The minimum atomic E-state index is -4.45. The van der Waals surface area contributed by atoms with E-state index >= 15 is 0 Å². The zero-order valence-corrected chi connectivity index (χ0v) is 23.6. The predicted octanol–water partition coefficient (Wildman–Crippen LogP) is 8.85. The number of phenolic OH excluding ortho intramolecular Hbond substituents is 2. The molecule has 0 bridgehead atoms. The fraction of sp³-hybridized carbons (Fsp3) is 0. The lowest BCUT2D eigenvalue weighted by molar-refractivity contribution is 0.442. The summed E-state index contributed by atoms with van der Waals surface area (Å²) in [7, 11) is -4.45. The highest BCUT2D eigenvalue weighted by molar-refractivity contribution is 7.91. The van der Waals surface area contributed by atoms with Crippen LogP contribution in [-0.4, -0.2) is 18.6 Å². The fourth-order valence-corrected chi connectivity index (χ4v) is 6.27. The molecule has 212 valence electrons. The predicted molar refractivity (Wildman–Crippen MR) is 166 cm³/mol. The number of hydrogen-bond donors (Lipinski definition) is 2. The molecule has 6 nitrogen and oxygen atoms in total. The van der Waals surface area contributed by atoms with Crippen LogP contribution in [0, 0.1) is 0 Å². The van der Waals surface area contributed by atoms with Gasteiger partial charge in [0.05, 0.1) is 11.1 Å². The fourth-order valence-electron chi connectivity index (χ4n) is 4.83. The van der Waals surface area contributed by atoms with Crippen molar-refractivity contribution in [2.45, 2.75) is 9.79 Å². The van der Waals surface area contributed by atoms with Crippen LogP contribution in [0.3, 0.4) is 0 Å². The molecule has 6 aromatic carbocycles. The normalized spacial score (nSPS) is 11.2. The summed E-state index contributed by atoms with van der Waals surface area (Å²) in [5.74, 6) is 0.599. The number of hydrogen-bond acceptors (Lipinski definition) is 6. The van der Waals surface area contributed by atoms with E-state index in [9.17, 15) is 18.6 Å². The van der Waals surface area contributed by atoms with Crippen molar-refractivity contribution < 1.29 is 28.1 Å². The van der Waals surface area contributed by atoms with E-state index in [1.165, 1.54) is 24.3 Å². The summed E-state index contributed by atoms with van der Waals surface area (Å²) in [6.07, 6.45) is 0. The largest absolute Gasteiger partial charge is 0.506 e. The maximum atomic E-state index is 14.2. The number of phenols is 2. The first-order chi connectivity index (χ1) is 20.9. The van der Waals surface area contributed by atoms with Gasteiger partial charge in [0.25, 0.3) is 0 Å². The third kappa shape index (κ3) is 5.54. The van der Waals surface area contributed by atoms with Crippen molar-refractivity contribution in [3.05, 3.63) is 146 Å². The summed E-state index contributed by atoms with van der Waals surface area (Å²) in [5, 5.41) is 23.1. The quantitative estimate of drug-likeness (QED) is 0.185. The first kappa shape index (κ1) is 27.6. The molecule has 6 rings (SSSR count). The van der Waals surface area contributed by atoms with Gasteiger partial charge in [0.1, 0.15) is 44.3 Å². The molecular formula is C36H26O6S. The van der Waals surface area contributed by atoms with Crippen LogP contribution >= 0.6 is 0 Å². The van der Waals surface area contributed by atoms with Crippen molar-refractivity contribution in [3.8, 4) is 56.8 Å². The van der Waals surface area contributed by atoms with Gasteiger partial charge in [0.2, 0.25) is 9.84 Å². The Kier molecular flexibility index (Phi) is 7.56. The summed E-state index contributed by atoms with van der Waals surface area (Å²) >= 11 is 0. The van der Waals surface area contributed by atoms with Crippen molar-refractivity contribution in [2.75, 3.05) is 0 Å². The molecule has 0 radical (unpaired) electrons. The van der Waals surface area contributed by atoms with E-state index in [-0.39, 0.29) is 32.4 Å². The van der Waals surface area contributed by atoms with E-state index in [4.69, 9.17) is 9.47 Å². The second kappa shape index (κ2) is 11.8. The highest BCUT2D eigenvalue weighted by atomic mass is 32.2. The van der Waals surface area contributed by atoms with E-state index in [0.717, 1.165) is 0 Å². The number of benzene rings is 6. The smallest absolute Gasteiger partial charge is 0.213 e. The van der Waals surface area contributed by atoms with Crippen LogP contribution in [0.5, 0.6) is 34.5 Å². The Morgan fingerprint density at radius 3 is 1.09 bits per heavy atom. The Balaban J connectivity index is 1.51. The molecule has 0 aliphatic carbocycles. The minimum absolute atomic E-state index is 0.206. The average molecular weight is 587 g/mol. The second-order valence-electron chi connectivity index (χ2n) is 9.64. The third-order valence-corrected chi connectivity index (χ3v) is 8.67. The van der Waals surface area contributed by atoms with Crippen molar-refractivity contribution in [3.63, 3.8) is 0 Å². The van der Waals surface area contributed by atoms with Gasteiger partial charge in [0.15, 0.2) is 0 Å². The maximum Gasteiger partial charge on any atom is 0.213 e. The first-order valence-corrected chi connectivity index (χ1v) is 15.0. The zero-order valence-electron chi connectivity index (χ0n) is 22.8. The van der Waals surface area contributed by atoms with Crippen LogP contribution in [0.1, 0.15) is 0 Å². The zero-order chi connectivity index (χ0) is 29.8. The summed E-state index contributed by atoms with van der Waals surface area (Å²) in [5.41, 5.74) is 1.53. The minimum Gasteiger partial charge on any atom is -0.506 e. The molecule has 0 heterocycles. The van der Waals surface area contributed by atoms with E-state index in [1.807, 2.05) is 48.5 Å². The van der Waals surface area contributed by atoms with Gasteiger partial charge >= 0.3 is 0 Å². The third-order valence-electron chi connectivity index (χ3n) is 6.85. The van der Waals surface area contributed by atoms with Crippen LogP contribution in [0.25, 0.3) is 22.3 Å². The van der Waals surface area contributed by atoms with Crippen LogP contribution in [0.2, 0.25) is 0 Å². The van der Waals surface area contributed by atoms with Crippen molar-refractivity contribution in [1.82, 2.24) is 0 Å². The molecule has 43 heavy (non-hydrogen) atoms. The summed E-state index contributed by atoms with van der Waals surface area (Å²) in [6.45, 7) is 0. The monoisotopic (exact) mass is 586 g/mol.